The SMILES string of the molecule is CC1N=C(c2ccc(F)cc2)c2ccccc2NC1=S. The van der Waals surface area contributed by atoms with Crippen LogP contribution in [0.2, 0.25) is 0 Å². The first-order valence-corrected chi connectivity index (χ1v) is 6.80. The Balaban J connectivity index is 2.18. The Hall–Kier alpha value is -2.07. The van der Waals surface area contributed by atoms with E-state index in [2.05, 4.69) is 10.3 Å². The van der Waals surface area contributed by atoms with E-state index < -0.39 is 0 Å². The van der Waals surface area contributed by atoms with Crippen LogP contribution in [0.4, 0.5) is 10.1 Å². The second kappa shape index (κ2) is 5.13. The van der Waals surface area contributed by atoms with Gasteiger partial charge in [-0.25, -0.2) is 4.39 Å². The zero-order chi connectivity index (χ0) is 14.1. The number of benzene rings is 2. The Labute approximate surface area is 122 Å². The van der Waals surface area contributed by atoms with Gasteiger partial charge < -0.3 is 5.32 Å². The van der Waals surface area contributed by atoms with Gasteiger partial charge >= 0.3 is 0 Å². The highest BCUT2D eigenvalue weighted by Gasteiger charge is 2.19. The van der Waals surface area contributed by atoms with Crippen molar-refractivity contribution in [3.8, 4) is 0 Å². The molecule has 0 amide bonds. The first-order chi connectivity index (χ1) is 9.65. The molecule has 4 heteroatoms. The van der Waals surface area contributed by atoms with Gasteiger partial charge in [0.2, 0.25) is 0 Å². The molecule has 0 saturated carbocycles. The third kappa shape index (κ3) is 2.34. The molecule has 1 N–H and O–H groups in total. The molecular weight excluding hydrogens is 271 g/mol. The number of halogens is 1. The molecule has 2 aromatic carbocycles. The fourth-order valence-electron chi connectivity index (χ4n) is 2.20. The summed E-state index contributed by atoms with van der Waals surface area (Å²) in [5.74, 6) is -0.252. The second-order valence-electron chi connectivity index (χ2n) is 4.70. The molecule has 100 valence electrons. The molecule has 1 heterocycles. The highest BCUT2D eigenvalue weighted by atomic mass is 32.1. The molecule has 0 aliphatic carbocycles. The fraction of sp³-hybridized carbons (Fsp3) is 0.125. The monoisotopic (exact) mass is 284 g/mol. The van der Waals surface area contributed by atoms with Crippen LogP contribution in [0.3, 0.4) is 0 Å². The van der Waals surface area contributed by atoms with E-state index in [0.717, 1.165) is 22.5 Å². The molecule has 0 bridgehead atoms. The molecule has 0 fully saturated rings. The molecular formula is C16H13FN2S. The smallest absolute Gasteiger partial charge is 0.123 e. The number of nitrogens with zero attached hydrogens (tertiary/aromatic N) is 1. The van der Waals surface area contributed by atoms with Gasteiger partial charge in [-0.3, -0.25) is 4.99 Å². The number of para-hydroxylation sites is 1. The lowest BCUT2D eigenvalue weighted by Crippen LogP contribution is -2.20. The van der Waals surface area contributed by atoms with Gasteiger partial charge in [0, 0.05) is 16.8 Å². The van der Waals surface area contributed by atoms with E-state index >= 15 is 0 Å². The summed E-state index contributed by atoms with van der Waals surface area (Å²) in [6.45, 7) is 1.95. The number of nitrogens with one attached hydrogen (secondary N) is 1. The summed E-state index contributed by atoms with van der Waals surface area (Å²) in [7, 11) is 0. The minimum Gasteiger partial charge on any atom is -0.348 e. The average molecular weight is 284 g/mol. The van der Waals surface area contributed by atoms with Crippen LogP contribution < -0.4 is 5.32 Å². The number of fused-ring (bicyclic) bond motifs is 1. The Bertz CT molecular complexity index is 692. The minimum absolute atomic E-state index is 0.113. The molecule has 0 spiro atoms. The molecule has 0 radical (unpaired) electrons. The van der Waals surface area contributed by atoms with Crippen LogP contribution in [-0.2, 0) is 0 Å². The highest BCUT2D eigenvalue weighted by molar-refractivity contribution is 7.80. The van der Waals surface area contributed by atoms with Gasteiger partial charge in [0.15, 0.2) is 0 Å². The zero-order valence-corrected chi connectivity index (χ0v) is 11.7. The molecule has 0 saturated heterocycles. The van der Waals surface area contributed by atoms with Crippen molar-refractivity contribution < 1.29 is 4.39 Å². The van der Waals surface area contributed by atoms with Crippen molar-refractivity contribution in [3.05, 3.63) is 65.5 Å². The van der Waals surface area contributed by atoms with Crippen LogP contribution in [0.25, 0.3) is 0 Å². The number of thiocarbonyl (C=S) groups is 1. The van der Waals surface area contributed by atoms with Crippen LogP contribution in [0.15, 0.2) is 53.5 Å². The van der Waals surface area contributed by atoms with Gasteiger partial charge in [-0.05, 0) is 37.3 Å². The lowest BCUT2D eigenvalue weighted by atomic mass is 10.0. The van der Waals surface area contributed by atoms with Gasteiger partial charge in [0.25, 0.3) is 0 Å². The van der Waals surface area contributed by atoms with Gasteiger partial charge in [-0.15, -0.1) is 0 Å². The molecule has 1 aliphatic rings. The van der Waals surface area contributed by atoms with Gasteiger partial charge in [-0.2, -0.15) is 0 Å². The van der Waals surface area contributed by atoms with Gasteiger partial charge in [0.1, 0.15) is 10.8 Å². The van der Waals surface area contributed by atoms with E-state index in [1.165, 1.54) is 12.1 Å². The molecule has 2 nitrogen and oxygen atoms in total. The van der Waals surface area contributed by atoms with Crippen LogP contribution in [0.1, 0.15) is 18.1 Å². The molecule has 1 atom stereocenters. The van der Waals surface area contributed by atoms with E-state index in [4.69, 9.17) is 12.2 Å². The van der Waals surface area contributed by atoms with Crippen LogP contribution in [0, 0.1) is 5.82 Å². The summed E-state index contributed by atoms with van der Waals surface area (Å²) >= 11 is 5.34. The van der Waals surface area contributed by atoms with Crippen LogP contribution in [-0.4, -0.2) is 16.7 Å². The maximum atomic E-state index is 13.1. The van der Waals surface area contributed by atoms with Crippen molar-refractivity contribution in [2.45, 2.75) is 13.0 Å². The first-order valence-electron chi connectivity index (χ1n) is 6.39. The molecule has 1 aliphatic heterocycles. The van der Waals surface area contributed by atoms with Gasteiger partial charge in [-0.1, -0.05) is 30.4 Å². The first kappa shape index (κ1) is 12.9. The van der Waals surface area contributed by atoms with Crippen molar-refractivity contribution in [1.82, 2.24) is 0 Å². The quantitative estimate of drug-likeness (QED) is 0.805. The topological polar surface area (TPSA) is 24.4 Å². The number of benzodiazepines with no additional fused rings is 1. The molecule has 1 unspecified atom stereocenters. The maximum Gasteiger partial charge on any atom is 0.123 e. The van der Waals surface area contributed by atoms with Gasteiger partial charge in [0.05, 0.1) is 11.8 Å². The number of hydrogen-bond acceptors (Lipinski definition) is 2. The molecule has 2 aromatic rings. The van der Waals surface area contributed by atoms with Crippen molar-refractivity contribution >= 4 is 28.6 Å². The lowest BCUT2D eigenvalue weighted by molar-refractivity contribution is 0.628. The summed E-state index contributed by atoms with van der Waals surface area (Å²) in [6, 6.07) is 14.1. The van der Waals surface area contributed by atoms with E-state index in [-0.39, 0.29) is 11.9 Å². The minimum atomic E-state index is -0.252. The molecule has 20 heavy (non-hydrogen) atoms. The standard InChI is InChI=1S/C16H13FN2S/c1-10-16(20)19-14-5-3-2-4-13(14)15(18-10)11-6-8-12(17)9-7-11/h2-10H,1H3,(H,19,20). The summed E-state index contributed by atoms with van der Waals surface area (Å²) in [5, 5.41) is 3.23. The Kier molecular flexibility index (Phi) is 3.32. The van der Waals surface area contributed by atoms with E-state index in [9.17, 15) is 4.39 Å². The number of aliphatic imine (C=N–C) groups is 1. The fourth-order valence-corrected chi connectivity index (χ4v) is 2.36. The Morgan fingerprint density at radius 3 is 2.55 bits per heavy atom. The van der Waals surface area contributed by atoms with Crippen molar-refractivity contribution in [2.24, 2.45) is 4.99 Å². The maximum absolute atomic E-state index is 13.1. The van der Waals surface area contributed by atoms with Crippen molar-refractivity contribution in [2.75, 3.05) is 5.32 Å². The summed E-state index contributed by atoms with van der Waals surface area (Å²) in [5.41, 5.74) is 3.63. The Morgan fingerprint density at radius 2 is 1.80 bits per heavy atom. The van der Waals surface area contributed by atoms with Crippen molar-refractivity contribution in [3.63, 3.8) is 0 Å². The van der Waals surface area contributed by atoms with Crippen molar-refractivity contribution in [1.29, 1.82) is 0 Å². The lowest BCUT2D eigenvalue weighted by Gasteiger charge is -2.09. The zero-order valence-electron chi connectivity index (χ0n) is 10.9. The van der Waals surface area contributed by atoms with E-state index in [1.54, 1.807) is 12.1 Å². The van der Waals surface area contributed by atoms with E-state index in [0.29, 0.717) is 4.99 Å². The highest BCUT2D eigenvalue weighted by Crippen LogP contribution is 2.24. The number of anilines is 1. The van der Waals surface area contributed by atoms with E-state index in [1.807, 2.05) is 31.2 Å². The molecule has 3 rings (SSSR count). The third-order valence-electron chi connectivity index (χ3n) is 3.26. The summed E-state index contributed by atoms with van der Waals surface area (Å²) < 4.78 is 13.1. The third-order valence-corrected chi connectivity index (χ3v) is 3.70. The largest absolute Gasteiger partial charge is 0.348 e. The predicted molar refractivity (Wildman–Crippen MR) is 84.2 cm³/mol. The predicted octanol–water partition coefficient (Wildman–Crippen LogP) is 3.80. The Morgan fingerprint density at radius 1 is 1.10 bits per heavy atom. The average Bonchev–Trinajstić information content (AvgIpc) is 2.58. The number of rotatable bonds is 1. The normalized spacial score (nSPS) is 17.8. The second-order valence-corrected chi connectivity index (χ2v) is 5.14. The summed E-state index contributed by atoms with van der Waals surface area (Å²) in [4.78, 5) is 5.38. The summed E-state index contributed by atoms with van der Waals surface area (Å²) in [6.07, 6.45) is 0. The van der Waals surface area contributed by atoms with Crippen LogP contribution >= 0.6 is 12.2 Å². The van der Waals surface area contributed by atoms with Crippen LogP contribution in [0.5, 0.6) is 0 Å². The molecule has 0 aromatic heterocycles. The number of hydrogen-bond donors (Lipinski definition) is 1.